The molecular weight excluding hydrogens is 386 g/mol. The fourth-order valence-electron chi connectivity index (χ4n) is 4.79. The summed E-state index contributed by atoms with van der Waals surface area (Å²) in [5.41, 5.74) is 4.46. The Morgan fingerprint density at radius 2 is 1.87 bits per heavy atom. The summed E-state index contributed by atoms with van der Waals surface area (Å²) in [7, 11) is 5.47. The monoisotopic (exact) mass is 413 g/mol. The lowest BCUT2D eigenvalue weighted by Gasteiger charge is -2.38. The Balaban J connectivity index is 1.62. The van der Waals surface area contributed by atoms with E-state index in [4.69, 9.17) is 28.4 Å². The second-order valence-corrected chi connectivity index (χ2v) is 7.73. The van der Waals surface area contributed by atoms with Crippen LogP contribution in [0.4, 0.5) is 0 Å². The zero-order valence-electron chi connectivity index (χ0n) is 17.8. The van der Waals surface area contributed by atoms with Crippen LogP contribution in [0.3, 0.4) is 0 Å². The molecule has 5 rings (SSSR count). The van der Waals surface area contributed by atoms with Crippen LogP contribution in [0, 0.1) is 0 Å². The molecule has 3 aliphatic heterocycles. The Labute approximate surface area is 176 Å². The van der Waals surface area contributed by atoms with Gasteiger partial charge in [-0.3, -0.25) is 4.90 Å². The number of ether oxygens (including phenoxy) is 6. The lowest BCUT2D eigenvalue weighted by atomic mass is 9.86. The number of methoxy groups -OCH3 is 2. The van der Waals surface area contributed by atoms with Crippen LogP contribution in [-0.4, -0.2) is 46.1 Å². The minimum atomic E-state index is -0.481. The molecule has 2 aromatic rings. The molecule has 0 spiro atoms. The third kappa shape index (κ3) is 2.92. The predicted molar refractivity (Wildman–Crippen MR) is 109 cm³/mol. The minimum Gasteiger partial charge on any atom is -0.493 e. The van der Waals surface area contributed by atoms with Crippen molar-refractivity contribution in [3.63, 3.8) is 0 Å². The Hall–Kier alpha value is -2.48. The van der Waals surface area contributed by atoms with Crippen molar-refractivity contribution in [1.82, 2.24) is 4.90 Å². The van der Waals surface area contributed by atoms with E-state index in [1.165, 1.54) is 11.1 Å². The molecule has 0 aromatic heterocycles. The van der Waals surface area contributed by atoms with Gasteiger partial charge in [-0.05, 0) is 55.3 Å². The van der Waals surface area contributed by atoms with Gasteiger partial charge in [0.2, 0.25) is 6.79 Å². The van der Waals surface area contributed by atoms with Crippen molar-refractivity contribution in [2.45, 2.75) is 31.8 Å². The first-order valence-electron chi connectivity index (χ1n) is 10.3. The molecular formula is C23H27NO6. The molecule has 0 saturated carbocycles. The van der Waals surface area contributed by atoms with Crippen molar-refractivity contribution in [3.05, 3.63) is 46.5 Å². The van der Waals surface area contributed by atoms with Crippen molar-refractivity contribution in [2.24, 2.45) is 0 Å². The molecule has 0 bridgehead atoms. The van der Waals surface area contributed by atoms with Crippen LogP contribution in [0.25, 0.3) is 0 Å². The van der Waals surface area contributed by atoms with E-state index in [-0.39, 0.29) is 18.9 Å². The second-order valence-electron chi connectivity index (χ2n) is 7.73. The molecule has 3 heterocycles. The van der Waals surface area contributed by atoms with E-state index in [9.17, 15) is 0 Å². The maximum atomic E-state index is 6.52. The van der Waals surface area contributed by atoms with Crippen LogP contribution in [0.2, 0.25) is 0 Å². The number of fused-ring (bicyclic) bond motifs is 4. The summed E-state index contributed by atoms with van der Waals surface area (Å²) in [5.74, 6) is 2.95. The topological polar surface area (TPSA) is 58.6 Å². The molecule has 0 saturated heterocycles. The van der Waals surface area contributed by atoms with Gasteiger partial charge < -0.3 is 28.4 Å². The van der Waals surface area contributed by atoms with Gasteiger partial charge in [0.15, 0.2) is 29.3 Å². The number of likely N-dealkylation sites (N-methyl/N-ethyl adjacent to an activating group) is 1. The first-order valence-corrected chi connectivity index (χ1v) is 10.3. The molecule has 0 radical (unpaired) electrons. The van der Waals surface area contributed by atoms with Crippen LogP contribution >= 0.6 is 0 Å². The second kappa shape index (κ2) is 7.65. The van der Waals surface area contributed by atoms with Crippen LogP contribution in [0.5, 0.6) is 23.0 Å². The molecule has 0 amide bonds. The Bertz CT molecular complexity index is 961. The molecule has 0 fully saturated rings. The van der Waals surface area contributed by atoms with Gasteiger partial charge in [-0.2, -0.15) is 0 Å². The third-order valence-corrected chi connectivity index (χ3v) is 6.20. The van der Waals surface area contributed by atoms with Crippen molar-refractivity contribution in [2.75, 3.05) is 41.2 Å². The van der Waals surface area contributed by atoms with E-state index in [0.717, 1.165) is 47.1 Å². The van der Waals surface area contributed by atoms with Crippen molar-refractivity contribution in [3.8, 4) is 23.0 Å². The molecule has 3 atom stereocenters. The standard InChI is InChI=1S/C23H27NO6/c1-5-27-23-19-14(6-7-16-22(19)29-12-28-16)21(30-23)20-15-11-18(26-4)17(25-3)10-13(15)8-9-24(20)2/h6-7,10-11,20-21,23H,5,8-9,12H2,1-4H3/t20-,21+,23+/m0/s1. The average molecular weight is 413 g/mol. The Kier molecular flexibility index (Phi) is 4.97. The van der Waals surface area contributed by atoms with Gasteiger partial charge in [0.1, 0.15) is 6.10 Å². The summed E-state index contributed by atoms with van der Waals surface area (Å²) in [6.45, 7) is 3.66. The zero-order valence-corrected chi connectivity index (χ0v) is 17.8. The first kappa shape index (κ1) is 19.5. The van der Waals surface area contributed by atoms with E-state index in [2.05, 4.69) is 30.1 Å². The Morgan fingerprint density at radius 3 is 2.63 bits per heavy atom. The van der Waals surface area contributed by atoms with E-state index in [0.29, 0.717) is 6.61 Å². The highest BCUT2D eigenvalue weighted by molar-refractivity contribution is 5.56. The molecule has 0 aliphatic carbocycles. The third-order valence-electron chi connectivity index (χ3n) is 6.20. The summed E-state index contributed by atoms with van der Waals surface area (Å²) < 4.78 is 35.0. The van der Waals surface area contributed by atoms with Gasteiger partial charge in [-0.15, -0.1) is 0 Å². The SMILES string of the molecule is CCO[C@@H]1O[C@@H]([C@@H]2c3cc(OC)c(OC)cc3CCN2C)c2ccc3c(c21)OCO3. The maximum absolute atomic E-state index is 6.52. The van der Waals surface area contributed by atoms with Crippen molar-refractivity contribution >= 4 is 0 Å². The van der Waals surface area contributed by atoms with Crippen LogP contribution < -0.4 is 18.9 Å². The smallest absolute Gasteiger partial charge is 0.231 e. The zero-order chi connectivity index (χ0) is 20.8. The van der Waals surface area contributed by atoms with E-state index in [1.807, 2.05) is 13.0 Å². The summed E-state index contributed by atoms with van der Waals surface area (Å²) in [4.78, 5) is 2.33. The fraction of sp³-hybridized carbons (Fsp3) is 0.478. The first-order chi connectivity index (χ1) is 14.7. The molecule has 7 nitrogen and oxygen atoms in total. The molecule has 2 aromatic carbocycles. The number of hydrogen-bond donors (Lipinski definition) is 0. The summed E-state index contributed by atoms with van der Waals surface area (Å²) >= 11 is 0. The number of benzene rings is 2. The van der Waals surface area contributed by atoms with Crippen molar-refractivity contribution in [1.29, 1.82) is 0 Å². The van der Waals surface area contributed by atoms with Gasteiger partial charge in [-0.1, -0.05) is 6.07 Å². The van der Waals surface area contributed by atoms with Crippen LogP contribution in [0.1, 0.15) is 47.6 Å². The van der Waals surface area contributed by atoms with Gasteiger partial charge in [0, 0.05) is 13.2 Å². The summed E-state index contributed by atoms with van der Waals surface area (Å²) in [6.07, 6.45) is 0.261. The highest BCUT2D eigenvalue weighted by Crippen LogP contribution is 2.55. The largest absolute Gasteiger partial charge is 0.493 e. The molecule has 0 N–H and O–H groups in total. The van der Waals surface area contributed by atoms with Crippen LogP contribution in [0.15, 0.2) is 24.3 Å². The van der Waals surface area contributed by atoms with Gasteiger partial charge in [0.25, 0.3) is 0 Å². The normalized spacial score (nSPS) is 24.5. The maximum Gasteiger partial charge on any atom is 0.231 e. The minimum absolute atomic E-state index is 0.0122. The number of hydrogen-bond acceptors (Lipinski definition) is 7. The molecule has 7 heteroatoms. The highest BCUT2D eigenvalue weighted by Gasteiger charge is 2.45. The summed E-state index contributed by atoms with van der Waals surface area (Å²) in [5, 5.41) is 0. The Morgan fingerprint density at radius 1 is 1.07 bits per heavy atom. The molecule has 160 valence electrons. The number of rotatable bonds is 5. The predicted octanol–water partition coefficient (Wildman–Crippen LogP) is 3.77. The van der Waals surface area contributed by atoms with Gasteiger partial charge in [-0.25, -0.2) is 0 Å². The van der Waals surface area contributed by atoms with Crippen LogP contribution in [-0.2, 0) is 15.9 Å². The molecule has 30 heavy (non-hydrogen) atoms. The summed E-state index contributed by atoms with van der Waals surface area (Å²) in [6, 6.07) is 8.22. The fourth-order valence-corrected chi connectivity index (χ4v) is 4.79. The average Bonchev–Trinajstić information content (AvgIpc) is 3.37. The molecule has 0 unspecified atom stereocenters. The number of nitrogens with zero attached hydrogens (tertiary/aromatic N) is 1. The van der Waals surface area contributed by atoms with E-state index >= 15 is 0 Å². The van der Waals surface area contributed by atoms with Gasteiger partial charge in [0.05, 0.1) is 25.8 Å². The van der Waals surface area contributed by atoms with E-state index < -0.39 is 6.29 Å². The quantitative estimate of drug-likeness (QED) is 0.740. The highest BCUT2D eigenvalue weighted by atomic mass is 16.7. The lowest BCUT2D eigenvalue weighted by molar-refractivity contribution is -0.172. The van der Waals surface area contributed by atoms with Gasteiger partial charge >= 0.3 is 0 Å². The molecule has 3 aliphatic rings. The lowest BCUT2D eigenvalue weighted by Crippen LogP contribution is -2.36. The van der Waals surface area contributed by atoms with E-state index in [1.54, 1.807) is 14.2 Å². The van der Waals surface area contributed by atoms with Crippen molar-refractivity contribution < 1.29 is 28.4 Å².